The number of hydrogen-bond donors (Lipinski definition) is 1. The summed E-state index contributed by atoms with van der Waals surface area (Å²) in [4.78, 5) is 5.16. The van der Waals surface area contributed by atoms with Gasteiger partial charge in [0.1, 0.15) is 5.82 Å². The number of aromatic nitrogens is 1. The minimum atomic E-state index is -0.204. The zero-order valence-corrected chi connectivity index (χ0v) is 9.80. The van der Waals surface area contributed by atoms with Crippen LogP contribution < -0.4 is 5.32 Å². The number of thiazole rings is 1. The zero-order valence-electron chi connectivity index (χ0n) is 8.98. The number of benzene rings is 1. The Morgan fingerprint density at radius 1 is 1.50 bits per heavy atom. The molecule has 1 unspecified atom stereocenters. The van der Waals surface area contributed by atoms with Gasteiger partial charge in [-0.15, -0.1) is 11.3 Å². The Bertz CT molecular complexity index is 442. The second kappa shape index (κ2) is 5.18. The average Bonchev–Trinajstić information content (AvgIpc) is 2.79. The molecule has 2 aromatic rings. The molecule has 0 spiro atoms. The summed E-state index contributed by atoms with van der Waals surface area (Å²) >= 11 is 1.58. The van der Waals surface area contributed by atoms with Crippen molar-refractivity contribution in [3.8, 4) is 0 Å². The van der Waals surface area contributed by atoms with Crippen molar-refractivity contribution in [3.05, 3.63) is 52.2 Å². The van der Waals surface area contributed by atoms with Crippen LogP contribution in [-0.2, 0) is 0 Å². The first-order chi connectivity index (χ1) is 7.81. The van der Waals surface area contributed by atoms with E-state index in [-0.39, 0.29) is 11.9 Å². The summed E-state index contributed by atoms with van der Waals surface area (Å²) in [7, 11) is 0. The van der Waals surface area contributed by atoms with E-state index in [1.54, 1.807) is 29.0 Å². The molecule has 2 rings (SSSR count). The molecule has 0 aliphatic rings. The van der Waals surface area contributed by atoms with Gasteiger partial charge in [0.25, 0.3) is 0 Å². The summed E-state index contributed by atoms with van der Waals surface area (Å²) in [5.74, 6) is -0.204. The molecule has 0 aliphatic heterocycles. The molecule has 1 atom stereocenters. The van der Waals surface area contributed by atoms with Crippen LogP contribution in [0.25, 0.3) is 0 Å². The Morgan fingerprint density at radius 3 is 3.00 bits per heavy atom. The maximum absolute atomic E-state index is 13.2. The molecule has 84 valence electrons. The lowest BCUT2D eigenvalue weighted by Gasteiger charge is -2.16. The summed E-state index contributed by atoms with van der Waals surface area (Å²) in [6.07, 6.45) is 1.82. The fourth-order valence-electron chi connectivity index (χ4n) is 1.64. The van der Waals surface area contributed by atoms with Crippen LogP contribution >= 0.6 is 11.3 Å². The van der Waals surface area contributed by atoms with Crippen LogP contribution in [0.2, 0.25) is 0 Å². The predicted molar refractivity (Wildman–Crippen MR) is 64.0 cm³/mol. The highest BCUT2D eigenvalue weighted by molar-refractivity contribution is 7.09. The molecule has 0 saturated carbocycles. The zero-order chi connectivity index (χ0) is 11.4. The van der Waals surface area contributed by atoms with Crippen LogP contribution in [0.1, 0.15) is 23.4 Å². The van der Waals surface area contributed by atoms with E-state index in [1.165, 1.54) is 6.07 Å². The highest BCUT2D eigenvalue weighted by atomic mass is 32.1. The summed E-state index contributed by atoms with van der Waals surface area (Å²) in [5.41, 5.74) is 2.73. The summed E-state index contributed by atoms with van der Waals surface area (Å²) in [6, 6.07) is 6.71. The van der Waals surface area contributed by atoms with Crippen molar-refractivity contribution < 1.29 is 4.39 Å². The third-order valence-corrected chi connectivity index (χ3v) is 3.17. The molecule has 0 aliphatic carbocycles. The Kier molecular flexibility index (Phi) is 3.64. The number of halogens is 1. The molecule has 1 aromatic heterocycles. The Hall–Kier alpha value is -1.26. The van der Waals surface area contributed by atoms with Crippen molar-refractivity contribution in [2.75, 3.05) is 6.54 Å². The molecule has 1 aromatic carbocycles. The molecule has 0 radical (unpaired) electrons. The monoisotopic (exact) mass is 236 g/mol. The van der Waals surface area contributed by atoms with Crippen molar-refractivity contribution in [1.82, 2.24) is 10.3 Å². The molecule has 1 heterocycles. The van der Waals surface area contributed by atoms with E-state index in [4.69, 9.17) is 0 Å². The second-order valence-corrected chi connectivity index (χ2v) is 4.37. The first-order valence-electron chi connectivity index (χ1n) is 5.18. The van der Waals surface area contributed by atoms with Gasteiger partial charge in [-0.3, -0.25) is 4.98 Å². The predicted octanol–water partition coefficient (Wildman–Crippen LogP) is 2.98. The van der Waals surface area contributed by atoms with E-state index in [0.717, 1.165) is 17.0 Å². The SMILES string of the molecule is CCNC(c1cccc(F)c1)c1cncs1. The van der Waals surface area contributed by atoms with Gasteiger partial charge in [-0.2, -0.15) is 0 Å². The summed E-state index contributed by atoms with van der Waals surface area (Å²) in [5, 5.41) is 3.33. The van der Waals surface area contributed by atoms with E-state index >= 15 is 0 Å². The van der Waals surface area contributed by atoms with Crippen LogP contribution in [0.15, 0.2) is 36.0 Å². The van der Waals surface area contributed by atoms with Crippen molar-refractivity contribution in [2.45, 2.75) is 13.0 Å². The largest absolute Gasteiger partial charge is 0.306 e. The quantitative estimate of drug-likeness (QED) is 0.882. The van der Waals surface area contributed by atoms with Crippen LogP contribution in [-0.4, -0.2) is 11.5 Å². The third-order valence-electron chi connectivity index (χ3n) is 2.33. The van der Waals surface area contributed by atoms with E-state index in [2.05, 4.69) is 10.3 Å². The first kappa shape index (κ1) is 11.2. The molecule has 0 bridgehead atoms. The number of rotatable bonds is 4. The third kappa shape index (κ3) is 2.46. The van der Waals surface area contributed by atoms with Crippen molar-refractivity contribution in [2.24, 2.45) is 0 Å². The number of nitrogens with one attached hydrogen (secondary N) is 1. The Morgan fingerprint density at radius 2 is 2.38 bits per heavy atom. The van der Waals surface area contributed by atoms with Crippen molar-refractivity contribution in [3.63, 3.8) is 0 Å². The lowest BCUT2D eigenvalue weighted by atomic mass is 10.1. The molecule has 0 saturated heterocycles. The molecule has 16 heavy (non-hydrogen) atoms. The molecule has 4 heteroatoms. The highest BCUT2D eigenvalue weighted by Crippen LogP contribution is 2.25. The molecule has 2 nitrogen and oxygen atoms in total. The normalized spacial score (nSPS) is 12.6. The van der Waals surface area contributed by atoms with Gasteiger partial charge in [0.05, 0.1) is 11.6 Å². The Balaban J connectivity index is 2.33. The lowest BCUT2D eigenvalue weighted by Crippen LogP contribution is -2.21. The summed E-state index contributed by atoms with van der Waals surface area (Å²) < 4.78 is 13.2. The standard InChI is InChI=1S/C12H13FN2S/c1-2-15-12(11-7-14-8-16-11)9-4-3-5-10(13)6-9/h3-8,12,15H,2H2,1H3. The van der Waals surface area contributed by atoms with E-state index in [0.29, 0.717) is 0 Å². The maximum Gasteiger partial charge on any atom is 0.123 e. The van der Waals surface area contributed by atoms with E-state index < -0.39 is 0 Å². The topological polar surface area (TPSA) is 24.9 Å². The lowest BCUT2D eigenvalue weighted by molar-refractivity contribution is 0.606. The molecular weight excluding hydrogens is 223 g/mol. The van der Waals surface area contributed by atoms with E-state index in [1.807, 2.05) is 19.2 Å². The average molecular weight is 236 g/mol. The van der Waals surface area contributed by atoms with Gasteiger partial charge in [0, 0.05) is 11.1 Å². The van der Waals surface area contributed by atoms with Gasteiger partial charge in [0.2, 0.25) is 0 Å². The Labute approximate surface area is 98.2 Å². The first-order valence-corrected chi connectivity index (χ1v) is 6.06. The van der Waals surface area contributed by atoms with Crippen LogP contribution in [0.3, 0.4) is 0 Å². The smallest absolute Gasteiger partial charge is 0.123 e. The molecular formula is C12H13FN2S. The van der Waals surface area contributed by atoms with Crippen molar-refractivity contribution in [1.29, 1.82) is 0 Å². The number of nitrogens with zero attached hydrogens (tertiary/aromatic N) is 1. The highest BCUT2D eigenvalue weighted by Gasteiger charge is 2.14. The van der Waals surface area contributed by atoms with Gasteiger partial charge >= 0.3 is 0 Å². The van der Waals surface area contributed by atoms with Gasteiger partial charge in [-0.25, -0.2) is 4.39 Å². The minimum absolute atomic E-state index is 0.0354. The molecule has 0 fully saturated rings. The van der Waals surface area contributed by atoms with Crippen LogP contribution in [0, 0.1) is 5.82 Å². The van der Waals surface area contributed by atoms with Gasteiger partial charge in [-0.1, -0.05) is 19.1 Å². The van der Waals surface area contributed by atoms with Crippen molar-refractivity contribution >= 4 is 11.3 Å². The van der Waals surface area contributed by atoms with Crippen LogP contribution in [0.5, 0.6) is 0 Å². The van der Waals surface area contributed by atoms with Gasteiger partial charge in [-0.05, 0) is 24.2 Å². The van der Waals surface area contributed by atoms with Gasteiger partial charge in [0.15, 0.2) is 0 Å². The fourth-order valence-corrected chi connectivity index (χ4v) is 2.36. The fraction of sp³-hybridized carbons (Fsp3) is 0.250. The summed E-state index contributed by atoms with van der Waals surface area (Å²) in [6.45, 7) is 2.87. The minimum Gasteiger partial charge on any atom is -0.306 e. The molecule has 1 N–H and O–H groups in total. The number of hydrogen-bond acceptors (Lipinski definition) is 3. The second-order valence-electron chi connectivity index (χ2n) is 3.45. The van der Waals surface area contributed by atoms with Gasteiger partial charge < -0.3 is 5.32 Å². The van der Waals surface area contributed by atoms with E-state index in [9.17, 15) is 4.39 Å². The maximum atomic E-state index is 13.2. The molecule has 0 amide bonds. The van der Waals surface area contributed by atoms with Crippen LogP contribution in [0.4, 0.5) is 4.39 Å².